The predicted octanol–water partition coefficient (Wildman–Crippen LogP) is 4.61. The van der Waals surface area contributed by atoms with E-state index in [1.807, 2.05) is 13.1 Å². The highest BCUT2D eigenvalue weighted by atomic mass is 14.8. The van der Waals surface area contributed by atoms with Crippen LogP contribution in [-0.4, -0.2) is 7.05 Å². The van der Waals surface area contributed by atoms with E-state index in [-0.39, 0.29) is 5.41 Å². The van der Waals surface area contributed by atoms with Crippen LogP contribution in [0.4, 0.5) is 0 Å². The zero-order valence-electron chi connectivity index (χ0n) is 12.8. The Morgan fingerprint density at radius 2 is 2.05 bits per heavy atom. The minimum absolute atomic E-state index is 0.0450. The van der Waals surface area contributed by atoms with Gasteiger partial charge in [0.15, 0.2) is 0 Å². The molecule has 0 amide bonds. The largest absolute Gasteiger partial charge is 0.387 e. The Bertz CT molecular complexity index is 535. The molecule has 0 fully saturated rings. The van der Waals surface area contributed by atoms with Gasteiger partial charge >= 0.3 is 0 Å². The molecular weight excluding hydrogens is 230 g/mol. The van der Waals surface area contributed by atoms with Gasteiger partial charge in [0.2, 0.25) is 0 Å². The van der Waals surface area contributed by atoms with Gasteiger partial charge in [-0.25, -0.2) is 0 Å². The Morgan fingerprint density at radius 1 is 1.37 bits per heavy atom. The second kappa shape index (κ2) is 4.88. The zero-order chi connectivity index (χ0) is 14.2. The lowest BCUT2D eigenvalue weighted by Crippen LogP contribution is -2.16. The second-order valence-electron chi connectivity index (χ2n) is 5.98. The number of nitrogens with one attached hydrogen (secondary N) is 1. The minimum Gasteiger partial charge on any atom is -0.387 e. The van der Waals surface area contributed by atoms with Crippen LogP contribution in [0.5, 0.6) is 0 Å². The van der Waals surface area contributed by atoms with E-state index in [2.05, 4.69) is 57.8 Å². The van der Waals surface area contributed by atoms with Gasteiger partial charge in [0.1, 0.15) is 0 Å². The van der Waals surface area contributed by atoms with E-state index in [9.17, 15) is 0 Å². The number of hydrogen-bond acceptors (Lipinski definition) is 1. The molecule has 1 atom stereocenters. The zero-order valence-corrected chi connectivity index (χ0v) is 12.8. The van der Waals surface area contributed by atoms with Crippen molar-refractivity contribution in [1.29, 1.82) is 0 Å². The van der Waals surface area contributed by atoms with Gasteiger partial charge in [0.05, 0.1) is 0 Å². The van der Waals surface area contributed by atoms with Crippen LogP contribution in [-0.2, 0) is 5.41 Å². The second-order valence-corrected chi connectivity index (χ2v) is 5.98. The molecule has 0 heterocycles. The first-order chi connectivity index (χ1) is 8.97. The van der Waals surface area contributed by atoms with E-state index in [4.69, 9.17) is 0 Å². The molecule has 19 heavy (non-hydrogen) atoms. The van der Waals surface area contributed by atoms with Gasteiger partial charge in [-0.1, -0.05) is 52.5 Å². The van der Waals surface area contributed by atoms with Crippen molar-refractivity contribution in [2.45, 2.75) is 45.4 Å². The summed E-state index contributed by atoms with van der Waals surface area (Å²) < 4.78 is 0. The molecule has 1 aliphatic carbocycles. The summed E-state index contributed by atoms with van der Waals surface area (Å²) >= 11 is 0. The summed E-state index contributed by atoms with van der Waals surface area (Å²) in [5, 5.41) is 3.37. The average Bonchev–Trinajstić information content (AvgIpc) is 2.64. The summed E-state index contributed by atoms with van der Waals surface area (Å²) in [7, 11) is 2.00. The van der Waals surface area contributed by atoms with Crippen molar-refractivity contribution in [1.82, 2.24) is 5.32 Å². The Labute approximate surface area is 117 Å². The lowest BCUT2D eigenvalue weighted by molar-refractivity contribution is 0.652. The first kappa shape index (κ1) is 13.9. The molecule has 0 saturated carbocycles. The summed E-state index contributed by atoms with van der Waals surface area (Å²) in [4.78, 5) is 0. The Morgan fingerprint density at radius 3 is 2.58 bits per heavy atom. The number of fused-ring (bicyclic) bond motifs is 1. The number of rotatable bonds is 4. The van der Waals surface area contributed by atoms with E-state index < -0.39 is 0 Å². The minimum atomic E-state index is 0.0450. The summed E-state index contributed by atoms with van der Waals surface area (Å²) in [6.07, 6.45) is 3.17. The molecule has 1 heteroatoms. The summed E-state index contributed by atoms with van der Waals surface area (Å²) in [6, 6.07) is 6.94. The van der Waals surface area contributed by atoms with Crippen molar-refractivity contribution in [3.8, 4) is 0 Å². The van der Waals surface area contributed by atoms with Gasteiger partial charge in [-0.05, 0) is 35.1 Å². The highest BCUT2D eigenvalue weighted by Gasteiger charge is 2.36. The van der Waals surface area contributed by atoms with Gasteiger partial charge in [-0.3, -0.25) is 0 Å². The van der Waals surface area contributed by atoms with E-state index in [0.29, 0.717) is 5.92 Å². The third kappa shape index (κ3) is 2.01. The molecule has 0 unspecified atom stereocenters. The Kier molecular flexibility index (Phi) is 3.58. The van der Waals surface area contributed by atoms with Crippen LogP contribution in [0.15, 0.2) is 36.4 Å². The van der Waals surface area contributed by atoms with E-state index in [0.717, 1.165) is 0 Å². The number of hydrogen-bond donors (Lipinski definition) is 1. The normalized spacial score (nSPS) is 18.2. The molecule has 2 rings (SSSR count). The maximum absolute atomic E-state index is 4.00. The average molecular weight is 255 g/mol. The summed E-state index contributed by atoms with van der Waals surface area (Å²) in [5.74, 6) is 0.610. The first-order valence-electron chi connectivity index (χ1n) is 7.17. The van der Waals surface area contributed by atoms with Crippen molar-refractivity contribution >= 4 is 5.70 Å². The van der Waals surface area contributed by atoms with Crippen molar-refractivity contribution in [3.05, 3.63) is 53.1 Å². The molecule has 102 valence electrons. The van der Waals surface area contributed by atoms with Gasteiger partial charge in [0, 0.05) is 23.7 Å². The molecule has 1 aliphatic rings. The predicted molar refractivity (Wildman–Crippen MR) is 84.4 cm³/mol. The summed E-state index contributed by atoms with van der Waals surface area (Å²) in [6.45, 7) is 13.1. The van der Waals surface area contributed by atoms with Crippen LogP contribution < -0.4 is 5.32 Å². The van der Waals surface area contributed by atoms with Crippen LogP contribution in [0, 0.1) is 0 Å². The molecule has 0 spiro atoms. The number of benzene rings is 1. The van der Waals surface area contributed by atoms with Crippen molar-refractivity contribution in [2.75, 3.05) is 7.05 Å². The monoisotopic (exact) mass is 255 g/mol. The fraction of sp³-hybridized carbons (Fsp3) is 0.444. The maximum Gasteiger partial charge on any atom is 0.0455 e. The summed E-state index contributed by atoms with van der Waals surface area (Å²) in [5.41, 5.74) is 6.75. The highest BCUT2D eigenvalue weighted by Crippen LogP contribution is 2.46. The SMILES string of the molecule is C=CC1=C(NC)c2cc([C@H](C)CC)ccc2C1(C)C. The van der Waals surface area contributed by atoms with Crippen molar-refractivity contribution < 1.29 is 0 Å². The van der Waals surface area contributed by atoms with E-state index in [1.54, 1.807) is 0 Å². The molecule has 0 saturated heterocycles. The quantitative estimate of drug-likeness (QED) is 0.828. The Balaban J connectivity index is 2.63. The maximum atomic E-state index is 4.00. The van der Waals surface area contributed by atoms with Crippen LogP contribution in [0.25, 0.3) is 5.70 Å². The third-order valence-corrected chi connectivity index (χ3v) is 4.56. The molecule has 0 aromatic heterocycles. The molecule has 1 aromatic carbocycles. The van der Waals surface area contributed by atoms with Gasteiger partial charge in [-0.15, -0.1) is 0 Å². The molecule has 0 aliphatic heterocycles. The third-order valence-electron chi connectivity index (χ3n) is 4.56. The van der Waals surface area contributed by atoms with E-state index >= 15 is 0 Å². The molecule has 0 radical (unpaired) electrons. The molecule has 0 bridgehead atoms. The number of allylic oxidation sites excluding steroid dienone is 2. The van der Waals surface area contributed by atoms with Crippen LogP contribution in [0.3, 0.4) is 0 Å². The van der Waals surface area contributed by atoms with E-state index in [1.165, 1.54) is 34.4 Å². The topological polar surface area (TPSA) is 12.0 Å². The molecular formula is C18H25N. The fourth-order valence-corrected chi connectivity index (χ4v) is 3.09. The molecule has 1 aromatic rings. The highest BCUT2D eigenvalue weighted by molar-refractivity contribution is 5.81. The molecule has 1 N–H and O–H groups in total. The standard InChI is InChI=1S/C18H25N/c1-7-12(3)13-9-10-16-14(11-13)17(19-6)15(8-2)18(16,4)5/h8-12,19H,2,7H2,1,3-6H3/t12-/m1/s1. The smallest absolute Gasteiger partial charge is 0.0455 e. The van der Waals surface area contributed by atoms with Crippen LogP contribution in [0.1, 0.15) is 56.7 Å². The molecule has 1 nitrogen and oxygen atoms in total. The van der Waals surface area contributed by atoms with Crippen molar-refractivity contribution in [3.63, 3.8) is 0 Å². The van der Waals surface area contributed by atoms with Gasteiger partial charge < -0.3 is 5.32 Å². The van der Waals surface area contributed by atoms with Gasteiger partial charge in [-0.2, -0.15) is 0 Å². The van der Waals surface area contributed by atoms with Crippen LogP contribution >= 0.6 is 0 Å². The first-order valence-corrected chi connectivity index (χ1v) is 7.17. The van der Waals surface area contributed by atoms with Gasteiger partial charge in [0.25, 0.3) is 0 Å². The fourth-order valence-electron chi connectivity index (χ4n) is 3.09. The lowest BCUT2D eigenvalue weighted by atomic mass is 9.80. The Hall–Kier alpha value is -1.50. The van der Waals surface area contributed by atoms with Crippen molar-refractivity contribution in [2.24, 2.45) is 0 Å². The lowest BCUT2D eigenvalue weighted by Gasteiger charge is -2.22. The van der Waals surface area contributed by atoms with Crippen LogP contribution in [0.2, 0.25) is 0 Å².